The number of halogens is 4. The zero-order valence-electron chi connectivity index (χ0n) is 16.3. The molecular formula is C16H15ClF3N7O3S. The van der Waals surface area contributed by atoms with Crippen LogP contribution in [0.15, 0.2) is 22.2 Å². The number of anilines is 1. The number of alkyl halides is 3. The lowest BCUT2D eigenvalue weighted by Crippen LogP contribution is -2.35. The van der Waals surface area contributed by atoms with Gasteiger partial charge in [-0.1, -0.05) is 0 Å². The van der Waals surface area contributed by atoms with Gasteiger partial charge >= 0.3 is 6.18 Å². The molecule has 0 bridgehead atoms. The van der Waals surface area contributed by atoms with E-state index in [0.29, 0.717) is 4.57 Å². The van der Waals surface area contributed by atoms with Crippen molar-refractivity contribution in [3.05, 3.63) is 39.4 Å². The molecule has 1 atom stereocenters. The van der Waals surface area contributed by atoms with E-state index in [2.05, 4.69) is 30.2 Å². The SMILES string of the molecule is Cc1nc(Cl)nc2c1nc(NCc1cnc(S(C)(=O)=O)cn1)c(=O)n2[C@@H](C)C(F)(F)F. The Labute approximate surface area is 178 Å². The van der Waals surface area contributed by atoms with Crippen molar-refractivity contribution in [1.82, 2.24) is 29.5 Å². The van der Waals surface area contributed by atoms with Crippen molar-refractivity contribution in [1.29, 1.82) is 0 Å². The third kappa shape index (κ3) is 4.74. The van der Waals surface area contributed by atoms with Crippen LogP contribution in [0.25, 0.3) is 11.2 Å². The van der Waals surface area contributed by atoms with Crippen LogP contribution in [-0.4, -0.2) is 50.3 Å². The van der Waals surface area contributed by atoms with Crippen LogP contribution in [0.2, 0.25) is 5.28 Å². The number of nitrogens with one attached hydrogen (secondary N) is 1. The third-order valence-corrected chi connectivity index (χ3v) is 5.38. The Morgan fingerprint density at radius 1 is 1.19 bits per heavy atom. The number of nitrogens with zero attached hydrogens (tertiary/aromatic N) is 6. The first kappa shape index (κ1) is 22.8. The van der Waals surface area contributed by atoms with Gasteiger partial charge in [0.25, 0.3) is 5.56 Å². The summed E-state index contributed by atoms with van der Waals surface area (Å²) in [5.74, 6) is -0.397. The maximum atomic E-state index is 13.4. The minimum Gasteiger partial charge on any atom is -0.360 e. The van der Waals surface area contributed by atoms with Crippen LogP contribution < -0.4 is 10.9 Å². The van der Waals surface area contributed by atoms with Crippen LogP contribution in [-0.2, 0) is 16.4 Å². The lowest BCUT2D eigenvalue weighted by molar-refractivity contribution is -0.162. The first-order valence-corrected chi connectivity index (χ1v) is 10.8. The average molecular weight is 478 g/mol. The normalized spacial score (nSPS) is 13.4. The van der Waals surface area contributed by atoms with Crippen molar-refractivity contribution in [2.45, 2.75) is 37.6 Å². The molecule has 3 rings (SSSR count). The summed E-state index contributed by atoms with van der Waals surface area (Å²) in [5, 5.41) is 2.05. The number of fused-ring (bicyclic) bond motifs is 1. The number of hydrogen-bond acceptors (Lipinski definition) is 9. The molecule has 10 nitrogen and oxygen atoms in total. The predicted molar refractivity (Wildman–Crippen MR) is 105 cm³/mol. The molecule has 31 heavy (non-hydrogen) atoms. The van der Waals surface area contributed by atoms with Gasteiger partial charge in [0.05, 0.1) is 30.3 Å². The second-order valence-corrected chi connectivity index (χ2v) is 8.88. The fourth-order valence-electron chi connectivity index (χ4n) is 2.61. The van der Waals surface area contributed by atoms with Crippen molar-refractivity contribution in [2.75, 3.05) is 11.6 Å². The summed E-state index contributed by atoms with van der Waals surface area (Å²) in [7, 11) is -3.55. The van der Waals surface area contributed by atoms with E-state index in [1.165, 1.54) is 6.92 Å². The first-order chi connectivity index (χ1) is 14.3. The first-order valence-electron chi connectivity index (χ1n) is 8.57. The second-order valence-electron chi connectivity index (χ2n) is 6.58. The maximum absolute atomic E-state index is 13.4. The van der Waals surface area contributed by atoms with Gasteiger partial charge in [0.1, 0.15) is 11.6 Å². The van der Waals surface area contributed by atoms with Gasteiger partial charge in [-0.15, -0.1) is 0 Å². The lowest BCUT2D eigenvalue weighted by atomic mass is 10.3. The molecule has 0 aliphatic heterocycles. The summed E-state index contributed by atoms with van der Waals surface area (Å²) in [6, 6.07) is -2.22. The Balaban J connectivity index is 2.07. The molecule has 0 aromatic carbocycles. The molecule has 0 unspecified atom stereocenters. The van der Waals surface area contributed by atoms with Gasteiger partial charge in [-0.05, 0) is 25.4 Å². The van der Waals surface area contributed by atoms with Gasteiger partial charge in [-0.3, -0.25) is 14.3 Å². The number of aryl methyl sites for hydroxylation is 1. The molecule has 15 heteroatoms. The zero-order chi connectivity index (χ0) is 23.1. The quantitative estimate of drug-likeness (QED) is 0.548. The molecule has 0 spiro atoms. The summed E-state index contributed by atoms with van der Waals surface area (Å²) in [4.78, 5) is 32.2. The standard InChI is InChI=1S/C16H15ClF3N7O3S/c1-7-11-13(26-15(17)24-7)27(8(2)16(18,19)20)14(28)12(25-11)23-5-9-4-22-10(6-21-9)31(3,29)30/h4,6,8H,5H2,1-3H3,(H,23,25)/t8-/m0/s1. The lowest BCUT2D eigenvalue weighted by Gasteiger charge is -2.21. The van der Waals surface area contributed by atoms with E-state index < -0.39 is 33.4 Å². The molecule has 3 heterocycles. The van der Waals surface area contributed by atoms with Crippen LogP contribution in [0.3, 0.4) is 0 Å². The number of hydrogen-bond donors (Lipinski definition) is 1. The Morgan fingerprint density at radius 3 is 2.42 bits per heavy atom. The molecule has 3 aromatic rings. The van der Waals surface area contributed by atoms with Gasteiger partial charge in [-0.2, -0.15) is 18.2 Å². The van der Waals surface area contributed by atoms with Gasteiger partial charge in [0.15, 0.2) is 26.3 Å². The van der Waals surface area contributed by atoms with E-state index in [1.54, 1.807) is 0 Å². The smallest absolute Gasteiger partial charge is 0.360 e. The minimum atomic E-state index is -4.74. The highest BCUT2D eigenvalue weighted by molar-refractivity contribution is 7.90. The molecule has 0 saturated heterocycles. The monoisotopic (exact) mass is 477 g/mol. The minimum absolute atomic E-state index is 0.0406. The molecule has 0 aliphatic carbocycles. The van der Waals surface area contributed by atoms with E-state index >= 15 is 0 Å². The Morgan fingerprint density at radius 2 is 1.87 bits per heavy atom. The molecule has 0 aliphatic rings. The van der Waals surface area contributed by atoms with E-state index in [0.717, 1.165) is 25.6 Å². The summed E-state index contributed by atoms with van der Waals surface area (Å²) in [6.45, 7) is 2.12. The maximum Gasteiger partial charge on any atom is 0.409 e. The third-order valence-electron chi connectivity index (χ3n) is 4.25. The Hall–Kier alpha value is -2.87. The van der Waals surface area contributed by atoms with Gasteiger partial charge in [0.2, 0.25) is 5.28 Å². The largest absolute Gasteiger partial charge is 0.409 e. The number of sulfone groups is 1. The number of rotatable bonds is 5. The van der Waals surface area contributed by atoms with E-state index in [9.17, 15) is 26.4 Å². The highest BCUT2D eigenvalue weighted by Crippen LogP contribution is 2.31. The van der Waals surface area contributed by atoms with Crippen molar-refractivity contribution in [2.24, 2.45) is 0 Å². The van der Waals surface area contributed by atoms with Crippen LogP contribution in [0.1, 0.15) is 24.4 Å². The van der Waals surface area contributed by atoms with E-state index in [4.69, 9.17) is 11.6 Å². The van der Waals surface area contributed by atoms with Gasteiger partial charge < -0.3 is 5.32 Å². The summed E-state index contributed by atoms with van der Waals surface area (Å²) >= 11 is 5.77. The summed E-state index contributed by atoms with van der Waals surface area (Å²) < 4.78 is 63.6. The van der Waals surface area contributed by atoms with Gasteiger partial charge in [-0.25, -0.2) is 23.4 Å². The topological polar surface area (TPSA) is 133 Å². The van der Waals surface area contributed by atoms with E-state index in [1.807, 2.05) is 0 Å². The highest BCUT2D eigenvalue weighted by atomic mass is 35.5. The molecule has 3 aromatic heterocycles. The van der Waals surface area contributed by atoms with Crippen LogP contribution in [0.4, 0.5) is 19.0 Å². The summed E-state index contributed by atoms with van der Waals surface area (Å²) in [6.07, 6.45) is -1.58. The van der Waals surface area contributed by atoms with E-state index in [-0.39, 0.29) is 39.4 Å². The fraction of sp³-hybridized carbons (Fsp3) is 0.375. The fourth-order valence-corrected chi connectivity index (χ4v) is 3.30. The molecule has 0 fully saturated rings. The predicted octanol–water partition coefficient (Wildman–Crippen LogP) is 2.08. The Kier molecular flexibility index (Phi) is 5.88. The van der Waals surface area contributed by atoms with Crippen molar-refractivity contribution in [3.63, 3.8) is 0 Å². The molecule has 1 N–H and O–H groups in total. The Bertz CT molecular complexity index is 1310. The van der Waals surface area contributed by atoms with Crippen molar-refractivity contribution >= 4 is 38.4 Å². The highest BCUT2D eigenvalue weighted by Gasteiger charge is 2.39. The molecule has 0 saturated carbocycles. The van der Waals surface area contributed by atoms with Gasteiger partial charge in [0, 0.05) is 6.26 Å². The van der Waals surface area contributed by atoms with Crippen molar-refractivity contribution < 1.29 is 21.6 Å². The number of aromatic nitrogens is 6. The van der Waals surface area contributed by atoms with Crippen LogP contribution >= 0.6 is 11.6 Å². The van der Waals surface area contributed by atoms with Crippen molar-refractivity contribution in [3.8, 4) is 0 Å². The summed E-state index contributed by atoms with van der Waals surface area (Å²) in [5.41, 5.74) is -1.06. The molecule has 166 valence electrons. The zero-order valence-corrected chi connectivity index (χ0v) is 17.8. The average Bonchev–Trinajstić information content (AvgIpc) is 2.65. The molecular weight excluding hydrogens is 463 g/mol. The van der Waals surface area contributed by atoms with Crippen LogP contribution in [0, 0.1) is 6.92 Å². The van der Waals surface area contributed by atoms with Crippen LogP contribution in [0.5, 0.6) is 0 Å². The molecule has 0 amide bonds. The second kappa shape index (κ2) is 8.00. The molecule has 0 radical (unpaired) electrons.